The molecule has 0 aliphatic carbocycles. The third-order valence-electron chi connectivity index (χ3n) is 1.86. The highest BCUT2D eigenvalue weighted by Gasteiger charge is 2.14. The molecule has 68 valence electrons. The van der Waals surface area contributed by atoms with Gasteiger partial charge >= 0.3 is 0 Å². The van der Waals surface area contributed by atoms with E-state index in [1.807, 2.05) is 12.1 Å². The fraction of sp³-hybridized carbons (Fsp3) is 0.200. The van der Waals surface area contributed by atoms with Gasteiger partial charge in [0.2, 0.25) is 6.29 Å². The number of ether oxygens (including phenoxy) is 2. The molecule has 0 atom stereocenters. The molecule has 1 aromatic rings. The second-order valence-corrected chi connectivity index (χ2v) is 3.93. The lowest BCUT2D eigenvalue weighted by Gasteiger charge is -2.10. The minimum atomic E-state index is -0.143. The number of hydrogen-bond donors (Lipinski definition) is 0. The van der Waals surface area contributed by atoms with Crippen molar-refractivity contribution in [3.05, 3.63) is 45.9 Å². The van der Waals surface area contributed by atoms with Crippen LogP contribution in [0.25, 0.3) is 0 Å². The van der Waals surface area contributed by atoms with Gasteiger partial charge in [0.25, 0.3) is 0 Å². The van der Waals surface area contributed by atoms with Crippen molar-refractivity contribution in [2.24, 2.45) is 0 Å². The maximum absolute atomic E-state index is 5.21. The molecule has 13 heavy (non-hydrogen) atoms. The topological polar surface area (TPSA) is 18.5 Å². The van der Waals surface area contributed by atoms with E-state index in [4.69, 9.17) is 9.47 Å². The molecule has 0 radical (unpaired) electrons. The number of halogens is 1. The summed E-state index contributed by atoms with van der Waals surface area (Å²) in [5, 5.41) is 0. The van der Waals surface area contributed by atoms with Crippen LogP contribution < -0.4 is 0 Å². The molecule has 1 aliphatic heterocycles. The van der Waals surface area contributed by atoms with Gasteiger partial charge in [-0.2, -0.15) is 0 Å². The smallest absolute Gasteiger partial charge is 0.243 e. The molecule has 0 aromatic heterocycles. The minimum absolute atomic E-state index is 0.143. The van der Waals surface area contributed by atoms with E-state index < -0.39 is 0 Å². The number of rotatable bonds is 2. The van der Waals surface area contributed by atoms with Crippen LogP contribution in [0.1, 0.15) is 5.56 Å². The van der Waals surface area contributed by atoms with E-state index in [2.05, 4.69) is 34.7 Å². The van der Waals surface area contributed by atoms with Gasteiger partial charge in [-0.1, -0.05) is 18.2 Å². The molecule has 0 N–H and O–H groups in total. The van der Waals surface area contributed by atoms with Crippen LogP contribution >= 0.6 is 22.6 Å². The molecule has 2 rings (SSSR count). The van der Waals surface area contributed by atoms with E-state index in [1.165, 1.54) is 9.13 Å². The van der Waals surface area contributed by atoms with Crippen LogP contribution in [0.2, 0.25) is 0 Å². The summed E-state index contributed by atoms with van der Waals surface area (Å²) in [6.07, 6.45) is 3.82. The van der Waals surface area contributed by atoms with Gasteiger partial charge in [0, 0.05) is 9.99 Å². The van der Waals surface area contributed by atoms with E-state index in [0.29, 0.717) is 0 Å². The Kier molecular flexibility index (Phi) is 2.73. The van der Waals surface area contributed by atoms with E-state index in [1.54, 1.807) is 12.5 Å². The summed E-state index contributed by atoms with van der Waals surface area (Å²) in [5.74, 6) is 0. The number of hydrogen-bond acceptors (Lipinski definition) is 2. The first-order valence-electron chi connectivity index (χ1n) is 4.05. The highest BCUT2D eigenvalue weighted by Crippen LogP contribution is 2.17. The van der Waals surface area contributed by atoms with Gasteiger partial charge in [-0.15, -0.1) is 0 Å². The van der Waals surface area contributed by atoms with Crippen LogP contribution in [0.5, 0.6) is 0 Å². The van der Waals surface area contributed by atoms with Crippen molar-refractivity contribution < 1.29 is 9.47 Å². The molecule has 1 heterocycles. The third kappa shape index (κ3) is 2.15. The van der Waals surface area contributed by atoms with Crippen molar-refractivity contribution in [2.45, 2.75) is 12.7 Å². The fourth-order valence-corrected chi connectivity index (χ4v) is 1.82. The van der Waals surface area contributed by atoms with Crippen LogP contribution in [-0.2, 0) is 15.9 Å². The minimum Gasteiger partial charge on any atom is -0.459 e. The first-order valence-corrected chi connectivity index (χ1v) is 5.13. The molecule has 0 fully saturated rings. The average Bonchev–Trinajstić information content (AvgIpc) is 2.61. The van der Waals surface area contributed by atoms with Crippen LogP contribution in [0, 0.1) is 3.57 Å². The predicted octanol–water partition coefficient (Wildman–Crippen LogP) is 2.68. The van der Waals surface area contributed by atoms with Gasteiger partial charge in [0.1, 0.15) is 12.5 Å². The lowest BCUT2D eigenvalue weighted by molar-refractivity contribution is -0.0210. The van der Waals surface area contributed by atoms with Gasteiger partial charge < -0.3 is 9.47 Å². The molecular formula is C10H9IO2. The van der Waals surface area contributed by atoms with Crippen LogP contribution in [-0.4, -0.2) is 6.29 Å². The van der Waals surface area contributed by atoms with E-state index in [0.717, 1.165) is 6.42 Å². The Morgan fingerprint density at radius 1 is 1.15 bits per heavy atom. The molecule has 0 bridgehead atoms. The molecule has 3 heteroatoms. The molecule has 2 nitrogen and oxygen atoms in total. The zero-order valence-electron chi connectivity index (χ0n) is 6.94. The zero-order valence-corrected chi connectivity index (χ0v) is 9.10. The monoisotopic (exact) mass is 288 g/mol. The van der Waals surface area contributed by atoms with Crippen molar-refractivity contribution in [1.82, 2.24) is 0 Å². The summed E-state index contributed by atoms with van der Waals surface area (Å²) >= 11 is 2.32. The Balaban J connectivity index is 2.05. The van der Waals surface area contributed by atoms with Gasteiger partial charge in [-0.05, 0) is 34.2 Å². The van der Waals surface area contributed by atoms with Crippen LogP contribution in [0.4, 0.5) is 0 Å². The fourth-order valence-electron chi connectivity index (χ4n) is 1.21. The van der Waals surface area contributed by atoms with Crippen molar-refractivity contribution in [1.29, 1.82) is 0 Å². The third-order valence-corrected chi connectivity index (χ3v) is 2.91. The Morgan fingerprint density at radius 2 is 1.85 bits per heavy atom. The van der Waals surface area contributed by atoms with Crippen molar-refractivity contribution >= 4 is 22.6 Å². The molecule has 0 saturated heterocycles. The van der Waals surface area contributed by atoms with Crippen molar-refractivity contribution in [3.63, 3.8) is 0 Å². The Morgan fingerprint density at radius 3 is 2.54 bits per heavy atom. The predicted molar refractivity (Wildman–Crippen MR) is 58.0 cm³/mol. The Labute approximate surface area is 90.7 Å². The maximum Gasteiger partial charge on any atom is 0.243 e. The SMILES string of the molecule is Ic1ccccc1CC1OC=CO1. The lowest BCUT2D eigenvalue weighted by atomic mass is 10.1. The number of benzene rings is 1. The van der Waals surface area contributed by atoms with Crippen molar-refractivity contribution in [2.75, 3.05) is 0 Å². The van der Waals surface area contributed by atoms with Gasteiger partial charge in [0.15, 0.2) is 0 Å². The molecular weight excluding hydrogens is 279 g/mol. The summed E-state index contributed by atoms with van der Waals surface area (Å²) in [7, 11) is 0. The van der Waals surface area contributed by atoms with Gasteiger partial charge in [0.05, 0.1) is 0 Å². The summed E-state index contributed by atoms with van der Waals surface area (Å²) in [4.78, 5) is 0. The molecule has 1 aliphatic rings. The Hall–Kier alpha value is -0.710. The largest absolute Gasteiger partial charge is 0.459 e. The highest BCUT2D eigenvalue weighted by atomic mass is 127. The summed E-state index contributed by atoms with van der Waals surface area (Å²) in [5.41, 5.74) is 1.26. The first kappa shape index (κ1) is 8.87. The highest BCUT2D eigenvalue weighted by molar-refractivity contribution is 14.1. The standard InChI is InChI=1S/C10H9IO2/c11-9-4-2-1-3-8(9)7-10-12-5-6-13-10/h1-6,10H,7H2. The molecule has 0 saturated carbocycles. The lowest BCUT2D eigenvalue weighted by Crippen LogP contribution is -2.11. The molecule has 0 unspecified atom stereocenters. The summed E-state index contributed by atoms with van der Waals surface area (Å²) in [6.45, 7) is 0. The quantitative estimate of drug-likeness (QED) is 0.779. The zero-order chi connectivity index (χ0) is 9.10. The second-order valence-electron chi connectivity index (χ2n) is 2.77. The molecule has 0 amide bonds. The first-order chi connectivity index (χ1) is 6.36. The van der Waals surface area contributed by atoms with Crippen LogP contribution in [0.15, 0.2) is 36.8 Å². The van der Waals surface area contributed by atoms with Crippen molar-refractivity contribution in [3.8, 4) is 0 Å². The van der Waals surface area contributed by atoms with Gasteiger partial charge in [-0.3, -0.25) is 0 Å². The second kappa shape index (κ2) is 4.00. The maximum atomic E-state index is 5.21. The van der Waals surface area contributed by atoms with Crippen LogP contribution in [0.3, 0.4) is 0 Å². The van der Waals surface area contributed by atoms with E-state index in [9.17, 15) is 0 Å². The molecule has 0 spiro atoms. The summed E-state index contributed by atoms with van der Waals surface area (Å²) in [6, 6.07) is 8.23. The van der Waals surface area contributed by atoms with E-state index in [-0.39, 0.29) is 6.29 Å². The average molecular weight is 288 g/mol. The summed E-state index contributed by atoms with van der Waals surface area (Å²) < 4.78 is 11.7. The molecule has 1 aromatic carbocycles. The normalized spacial score (nSPS) is 15.5. The van der Waals surface area contributed by atoms with E-state index >= 15 is 0 Å². The van der Waals surface area contributed by atoms with Gasteiger partial charge in [-0.25, -0.2) is 0 Å². The Bertz CT molecular complexity index is 314.